The van der Waals surface area contributed by atoms with Gasteiger partial charge in [0.25, 0.3) is 0 Å². The van der Waals surface area contributed by atoms with Crippen molar-refractivity contribution >= 4 is 12.0 Å². The summed E-state index contributed by atoms with van der Waals surface area (Å²) in [6.07, 6.45) is 1.82. The van der Waals surface area contributed by atoms with Gasteiger partial charge in [0.15, 0.2) is 0 Å². The zero-order chi connectivity index (χ0) is 15.8. The van der Waals surface area contributed by atoms with E-state index in [4.69, 9.17) is 9.57 Å². The van der Waals surface area contributed by atoms with Crippen LogP contribution in [0.4, 0.5) is 4.79 Å². The van der Waals surface area contributed by atoms with E-state index >= 15 is 0 Å². The first-order chi connectivity index (χ1) is 9.73. The third-order valence-electron chi connectivity index (χ3n) is 3.81. The average molecular weight is 411 g/mol. The summed E-state index contributed by atoms with van der Waals surface area (Å²) in [4.78, 5) is 29.6. The van der Waals surface area contributed by atoms with Gasteiger partial charge in [-0.1, -0.05) is 0 Å². The quantitative estimate of drug-likeness (QED) is 0.244. The summed E-state index contributed by atoms with van der Waals surface area (Å²) in [5.41, 5.74) is -0.469. The number of fused-ring (bicyclic) bond motifs is 2. The normalized spacial score (nSPS) is 28.8. The van der Waals surface area contributed by atoms with Gasteiger partial charge >= 0.3 is 136 Å². The van der Waals surface area contributed by atoms with Gasteiger partial charge in [0, 0.05) is 0 Å². The number of amides is 2. The molecule has 3 unspecified atom stereocenters. The van der Waals surface area contributed by atoms with Crippen LogP contribution in [0.25, 0.3) is 0 Å². The van der Waals surface area contributed by atoms with Crippen LogP contribution in [0.5, 0.6) is 0 Å². The van der Waals surface area contributed by atoms with Crippen molar-refractivity contribution in [3.63, 3.8) is 0 Å². The average Bonchev–Trinajstić information content (AvgIpc) is 2.64. The van der Waals surface area contributed by atoms with Crippen LogP contribution < -0.4 is 21.5 Å². The first-order valence-electron chi connectivity index (χ1n) is 7.19. The zero-order valence-corrected chi connectivity index (χ0v) is 15.4. The Hall–Kier alpha value is -0.570. The standard InChI is InChI=1S/C14H24IN2O4/c1-14(2,3)21-13(19)17-8-9-6-7-10(15-17)11(9)12(18)16(4)20-5/h9-11H,6-8H2,1-5H3/q-1. The van der Waals surface area contributed by atoms with Crippen molar-refractivity contribution in [1.29, 1.82) is 0 Å². The minimum absolute atomic E-state index is 0.0152. The van der Waals surface area contributed by atoms with Crippen molar-refractivity contribution in [1.82, 2.24) is 8.18 Å². The molecule has 0 aromatic heterocycles. The van der Waals surface area contributed by atoms with E-state index in [9.17, 15) is 9.59 Å². The molecule has 122 valence electrons. The predicted molar refractivity (Wildman–Crippen MR) is 72.7 cm³/mol. The Kier molecular flexibility index (Phi) is 5.02. The molecule has 1 heterocycles. The van der Waals surface area contributed by atoms with E-state index in [1.54, 1.807) is 7.05 Å². The molecule has 0 aromatic rings. The first kappa shape index (κ1) is 16.8. The van der Waals surface area contributed by atoms with E-state index in [-0.39, 0.29) is 23.8 Å². The Morgan fingerprint density at radius 3 is 2.48 bits per heavy atom. The fourth-order valence-corrected chi connectivity index (χ4v) is 6.62. The first-order valence-corrected chi connectivity index (χ1v) is 9.40. The van der Waals surface area contributed by atoms with Crippen LogP contribution >= 0.6 is 0 Å². The van der Waals surface area contributed by atoms with Gasteiger partial charge < -0.3 is 0 Å². The fourth-order valence-electron chi connectivity index (χ4n) is 2.82. The molecule has 3 atom stereocenters. The molecule has 0 aromatic carbocycles. The maximum absolute atomic E-state index is 12.4. The van der Waals surface area contributed by atoms with Crippen LogP contribution in [0.1, 0.15) is 33.6 Å². The van der Waals surface area contributed by atoms with E-state index in [0.717, 1.165) is 12.8 Å². The Bertz CT molecular complexity index is 410. The van der Waals surface area contributed by atoms with Gasteiger partial charge in [-0.15, -0.1) is 0 Å². The van der Waals surface area contributed by atoms with E-state index in [1.165, 1.54) is 12.2 Å². The molecule has 2 bridgehead atoms. The molecule has 0 spiro atoms. The summed E-state index contributed by atoms with van der Waals surface area (Å²) < 4.78 is 7.64. The molecule has 21 heavy (non-hydrogen) atoms. The number of ether oxygens (including phenoxy) is 1. The Morgan fingerprint density at radius 2 is 1.95 bits per heavy atom. The molecule has 1 saturated carbocycles. The number of carbonyl (C=O) groups excluding carboxylic acids is 2. The second-order valence-corrected chi connectivity index (χ2v) is 9.84. The number of alkyl halides is 1. The van der Waals surface area contributed by atoms with Crippen molar-refractivity contribution in [3.8, 4) is 0 Å². The fraction of sp³-hybridized carbons (Fsp3) is 0.857. The molecule has 0 radical (unpaired) electrons. The molecule has 2 aliphatic rings. The van der Waals surface area contributed by atoms with Crippen molar-refractivity contribution in [2.45, 2.75) is 43.1 Å². The molecule has 1 aliphatic carbocycles. The molecule has 1 saturated heterocycles. The van der Waals surface area contributed by atoms with Crippen LogP contribution in [-0.2, 0) is 14.4 Å². The zero-order valence-electron chi connectivity index (χ0n) is 13.3. The molecule has 2 amide bonds. The Labute approximate surface area is 136 Å². The van der Waals surface area contributed by atoms with Crippen LogP contribution in [0, 0.1) is 11.8 Å². The molecule has 2 rings (SSSR count). The van der Waals surface area contributed by atoms with Gasteiger partial charge in [0.1, 0.15) is 0 Å². The molecule has 6 nitrogen and oxygen atoms in total. The summed E-state index contributed by atoms with van der Waals surface area (Å²) in [7, 11) is 3.16. The van der Waals surface area contributed by atoms with Gasteiger partial charge in [0.05, 0.1) is 0 Å². The summed E-state index contributed by atoms with van der Waals surface area (Å²) in [6.45, 7) is 6.28. The summed E-state index contributed by atoms with van der Waals surface area (Å²) >= 11 is -0.519. The van der Waals surface area contributed by atoms with Crippen LogP contribution in [0.15, 0.2) is 0 Å². The van der Waals surface area contributed by atoms with Crippen LogP contribution in [0.3, 0.4) is 0 Å². The van der Waals surface area contributed by atoms with Crippen molar-refractivity contribution in [2.75, 3.05) is 20.7 Å². The van der Waals surface area contributed by atoms with Crippen molar-refractivity contribution in [2.24, 2.45) is 11.8 Å². The van der Waals surface area contributed by atoms with Gasteiger partial charge in [-0.25, -0.2) is 0 Å². The van der Waals surface area contributed by atoms with Crippen LogP contribution in [0.2, 0.25) is 0 Å². The maximum atomic E-state index is 12.4. The third-order valence-corrected chi connectivity index (χ3v) is 7.38. The van der Waals surface area contributed by atoms with Gasteiger partial charge in [-0.3, -0.25) is 0 Å². The SMILES string of the molecule is CON(C)C(=O)C1C2CCC1[I-]N(C(=O)OC(C)(C)C)C2. The topological polar surface area (TPSA) is 59.1 Å². The van der Waals surface area contributed by atoms with Gasteiger partial charge in [-0.05, 0) is 0 Å². The monoisotopic (exact) mass is 411 g/mol. The Morgan fingerprint density at radius 1 is 1.29 bits per heavy atom. The second-order valence-electron chi connectivity index (χ2n) is 6.52. The predicted octanol–water partition coefficient (Wildman–Crippen LogP) is -1.34. The van der Waals surface area contributed by atoms with E-state index in [1.807, 2.05) is 23.9 Å². The molecular formula is C14H24IN2O4-. The number of hydrogen-bond donors (Lipinski definition) is 0. The van der Waals surface area contributed by atoms with E-state index < -0.39 is 27.1 Å². The number of hydroxylamine groups is 2. The van der Waals surface area contributed by atoms with E-state index in [2.05, 4.69) is 0 Å². The molecule has 1 aliphatic heterocycles. The second kappa shape index (κ2) is 6.28. The Balaban J connectivity index is 2.02. The number of carbonyl (C=O) groups is 2. The molecule has 7 heteroatoms. The van der Waals surface area contributed by atoms with Crippen LogP contribution in [-0.4, -0.2) is 50.4 Å². The summed E-state index contributed by atoms with van der Waals surface area (Å²) in [5, 5.41) is 1.32. The molecule has 2 fully saturated rings. The van der Waals surface area contributed by atoms with Crippen molar-refractivity contribution < 1.29 is 40.6 Å². The number of nitrogens with zero attached hydrogens (tertiary/aromatic N) is 2. The third kappa shape index (κ3) is 3.80. The molecular weight excluding hydrogens is 387 g/mol. The van der Waals surface area contributed by atoms with Crippen molar-refractivity contribution in [3.05, 3.63) is 0 Å². The number of rotatable bonds is 2. The van der Waals surface area contributed by atoms with Gasteiger partial charge in [0.2, 0.25) is 0 Å². The summed E-state index contributed by atoms with van der Waals surface area (Å²) in [5.74, 6) is 0.302. The van der Waals surface area contributed by atoms with Gasteiger partial charge in [-0.2, -0.15) is 0 Å². The molecule has 0 N–H and O–H groups in total. The van der Waals surface area contributed by atoms with E-state index in [0.29, 0.717) is 10.5 Å². The number of halogens is 1. The number of hydrogen-bond acceptors (Lipinski definition) is 4. The summed E-state index contributed by atoms with van der Waals surface area (Å²) in [6, 6.07) is 0. The minimum atomic E-state index is -0.519.